The number of carbonyl (C=O) groups excluding carboxylic acids is 4. The number of ether oxygens (including phenoxy) is 1. The second kappa shape index (κ2) is 17.4. The van der Waals surface area contributed by atoms with Crippen LogP contribution in [0.3, 0.4) is 0 Å². The van der Waals surface area contributed by atoms with Crippen molar-refractivity contribution >= 4 is 23.7 Å². The summed E-state index contributed by atoms with van der Waals surface area (Å²) in [6.07, 6.45) is 0.347. The van der Waals surface area contributed by atoms with Crippen LogP contribution in [0.4, 0.5) is 0 Å². The molecule has 0 aliphatic heterocycles. The smallest absolute Gasteiger partial charge is 0.307 e. The highest BCUT2D eigenvalue weighted by Gasteiger charge is 2.21. The van der Waals surface area contributed by atoms with Crippen LogP contribution in [0.2, 0.25) is 0 Å². The molecule has 0 aliphatic carbocycles. The van der Waals surface area contributed by atoms with Gasteiger partial charge in [0.1, 0.15) is 0 Å². The number of hydrogen-bond acceptors (Lipinski definition) is 5. The van der Waals surface area contributed by atoms with Crippen LogP contribution in [0.15, 0.2) is 91.0 Å². The van der Waals surface area contributed by atoms with Gasteiger partial charge in [0.05, 0.1) is 13.0 Å². The van der Waals surface area contributed by atoms with E-state index in [1.807, 2.05) is 91.0 Å². The Morgan fingerprint density at radius 1 is 0.548 bits per heavy atom. The molecule has 0 radical (unpaired) electrons. The van der Waals surface area contributed by atoms with Crippen molar-refractivity contribution in [3.8, 4) is 0 Å². The van der Waals surface area contributed by atoms with Crippen molar-refractivity contribution in [1.29, 1.82) is 0 Å². The fourth-order valence-electron chi connectivity index (χ4n) is 4.58. The molecular formula is C34H41N3O5. The van der Waals surface area contributed by atoms with E-state index in [1.54, 1.807) is 21.6 Å². The van der Waals surface area contributed by atoms with Crippen molar-refractivity contribution in [1.82, 2.24) is 14.7 Å². The van der Waals surface area contributed by atoms with Gasteiger partial charge in [-0.15, -0.1) is 0 Å². The Balaban J connectivity index is 1.68. The van der Waals surface area contributed by atoms with E-state index in [2.05, 4.69) is 0 Å². The topological polar surface area (TPSA) is 87.2 Å². The van der Waals surface area contributed by atoms with Crippen molar-refractivity contribution in [3.05, 3.63) is 108 Å². The maximum absolute atomic E-state index is 13.5. The van der Waals surface area contributed by atoms with E-state index in [9.17, 15) is 19.2 Å². The predicted octanol–water partition coefficient (Wildman–Crippen LogP) is 4.83. The molecule has 0 aliphatic rings. The van der Waals surface area contributed by atoms with Crippen LogP contribution in [0.1, 0.15) is 49.8 Å². The Hall–Kier alpha value is -4.46. The quantitative estimate of drug-likeness (QED) is 0.230. The van der Waals surface area contributed by atoms with E-state index in [1.165, 1.54) is 6.92 Å². The summed E-state index contributed by atoms with van der Waals surface area (Å²) in [5, 5.41) is 0. The van der Waals surface area contributed by atoms with Crippen molar-refractivity contribution < 1.29 is 23.9 Å². The minimum Gasteiger partial charge on any atom is -0.466 e. The van der Waals surface area contributed by atoms with E-state index in [-0.39, 0.29) is 69.2 Å². The molecule has 0 saturated heterocycles. The van der Waals surface area contributed by atoms with Crippen molar-refractivity contribution in [2.24, 2.45) is 0 Å². The maximum Gasteiger partial charge on any atom is 0.307 e. The molecule has 42 heavy (non-hydrogen) atoms. The summed E-state index contributed by atoms with van der Waals surface area (Å²) in [5.74, 6) is -0.736. The summed E-state index contributed by atoms with van der Waals surface area (Å²) >= 11 is 0. The second-order valence-corrected chi connectivity index (χ2v) is 10.1. The first-order valence-electron chi connectivity index (χ1n) is 14.4. The summed E-state index contributed by atoms with van der Waals surface area (Å²) in [4.78, 5) is 56.3. The molecule has 3 rings (SSSR count). The van der Waals surface area contributed by atoms with Crippen LogP contribution >= 0.6 is 0 Å². The molecule has 0 unspecified atom stereocenters. The van der Waals surface area contributed by atoms with E-state index in [0.29, 0.717) is 19.6 Å². The zero-order chi connectivity index (χ0) is 30.2. The summed E-state index contributed by atoms with van der Waals surface area (Å²) in [6, 6.07) is 28.9. The minimum absolute atomic E-state index is 0.0986. The summed E-state index contributed by atoms with van der Waals surface area (Å²) in [6.45, 7) is 5.41. The Morgan fingerprint density at radius 2 is 0.905 bits per heavy atom. The summed E-state index contributed by atoms with van der Waals surface area (Å²) in [7, 11) is 0. The number of carbonyl (C=O) groups is 4. The molecule has 8 heteroatoms. The van der Waals surface area contributed by atoms with Crippen LogP contribution in [0.25, 0.3) is 0 Å². The third-order valence-electron chi connectivity index (χ3n) is 6.88. The van der Waals surface area contributed by atoms with Gasteiger partial charge in [-0.2, -0.15) is 0 Å². The molecule has 0 atom stereocenters. The van der Waals surface area contributed by atoms with Gasteiger partial charge >= 0.3 is 5.97 Å². The van der Waals surface area contributed by atoms with Crippen molar-refractivity contribution in [2.45, 2.75) is 52.7 Å². The highest BCUT2D eigenvalue weighted by atomic mass is 16.5. The standard InChI is InChI=1S/C34H41N3O5/c1-3-42-34(41)21-24-37(27-31-17-11-6-12-18-31)33(40)20-23-36(26-30-15-9-5-10-16-30)32(39)19-22-35(28(2)38)25-29-13-7-4-8-14-29/h4-18H,3,19-27H2,1-2H3. The van der Waals surface area contributed by atoms with Gasteiger partial charge in [-0.25, -0.2) is 0 Å². The molecule has 0 bridgehead atoms. The molecule has 0 heterocycles. The molecule has 3 amide bonds. The normalized spacial score (nSPS) is 10.5. The summed E-state index contributed by atoms with van der Waals surface area (Å²) < 4.78 is 5.06. The Kier molecular flexibility index (Phi) is 13.3. The van der Waals surface area contributed by atoms with Crippen molar-refractivity contribution in [3.63, 3.8) is 0 Å². The van der Waals surface area contributed by atoms with Gasteiger partial charge in [0, 0.05) is 59.0 Å². The molecule has 0 aromatic heterocycles. The monoisotopic (exact) mass is 571 g/mol. The Bertz CT molecular complexity index is 1270. The van der Waals surface area contributed by atoms with Crippen LogP contribution < -0.4 is 0 Å². The lowest BCUT2D eigenvalue weighted by Gasteiger charge is -2.27. The molecule has 0 N–H and O–H groups in total. The zero-order valence-electron chi connectivity index (χ0n) is 24.6. The Morgan fingerprint density at radius 3 is 1.29 bits per heavy atom. The van der Waals surface area contributed by atoms with E-state index >= 15 is 0 Å². The van der Waals surface area contributed by atoms with Crippen LogP contribution in [-0.2, 0) is 43.5 Å². The molecular weight excluding hydrogens is 530 g/mol. The largest absolute Gasteiger partial charge is 0.466 e. The molecule has 3 aromatic rings. The lowest BCUT2D eigenvalue weighted by atomic mass is 10.1. The average Bonchev–Trinajstić information content (AvgIpc) is 3.00. The maximum atomic E-state index is 13.5. The zero-order valence-corrected chi connectivity index (χ0v) is 24.6. The number of rotatable bonds is 16. The lowest BCUT2D eigenvalue weighted by Crippen LogP contribution is -2.39. The van der Waals surface area contributed by atoms with E-state index in [0.717, 1.165) is 16.7 Å². The average molecular weight is 572 g/mol. The third-order valence-corrected chi connectivity index (χ3v) is 6.88. The van der Waals surface area contributed by atoms with Crippen LogP contribution in [-0.4, -0.2) is 64.6 Å². The highest BCUT2D eigenvalue weighted by molar-refractivity contribution is 5.80. The number of hydrogen-bond donors (Lipinski definition) is 0. The fourth-order valence-corrected chi connectivity index (χ4v) is 4.58. The van der Waals surface area contributed by atoms with Gasteiger partial charge in [-0.1, -0.05) is 91.0 Å². The minimum atomic E-state index is -0.352. The van der Waals surface area contributed by atoms with E-state index in [4.69, 9.17) is 4.74 Å². The second-order valence-electron chi connectivity index (χ2n) is 10.1. The van der Waals surface area contributed by atoms with Crippen molar-refractivity contribution in [2.75, 3.05) is 26.2 Å². The first kappa shape index (κ1) is 32.1. The fraction of sp³-hybridized carbons (Fsp3) is 0.353. The van der Waals surface area contributed by atoms with Gasteiger partial charge < -0.3 is 19.4 Å². The number of nitrogens with zero attached hydrogens (tertiary/aromatic N) is 3. The van der Waals surface area contributed by atoms with Gasteiger partial charge in [0.15, 0.2) is 0 Å². The lowest BCUT2D eigenvalue weighted by molar-refractivity contribution is -0.144. The van der Waals surface area contributed by atoms with Gasteiger partial charge in [0.2, 0.25) is 17.7 Å². The Labute approximate surface area is 248 Å². The molecule has 0 fully saturated rings. The first-order chi connectivity index (χ1) is 20.4. The molecule has 3 aromatic carbocycles. The van der Waals surface area contributed by atoms with E-state index < -0.39 is 0 Å². The SMILES string of the molecule is CCOC(=O)CCN(Cc1ccccc1)C(=O)CCN(Cc1ccccc1)C(=O)CCN(Cc1ccccc1)C(C)=O. The molecule has 222 valence electrons. The molecule has 0 spiro atoms. The van der Waals surface area contributed by atoms with Gasteiger partial charge in [-0.3, -0.25) is 19.2 Å². The highest BCUT2D eigenvalue weighted by Crippen LogP contribution is 2.13. The van der Waals surface area contributed by atoms with Gasteiger partial charge in [-0.05, 0) is 23.6 Å². The number of benzene rings is 3. The predicted molar refractivity (Wildman–Crippen MR) is 162 cm³/mol. The third kappa shape index (κ3) is 11.2. The van der Waals surface area contributed by atoms with Gasteiger partial charge in [0.25, 0.3) is 0 Å². The first-order valence-corrected chi connectivity index (χ1v) is 14.4. The number of amides is 3. The number of esters is 1. The van der Waals surface area contributed by atoms with Crippen LogP contribution in [0.5, 0.6) is 0 Å². The molecule has 8 nitrogen and oxygen atoms in total. The van der Waals surface area contributed by atoms with Crippen LogP contribution in [0, 0.1) is 0 Å². The molecule has 0 saturated carbocycles. The summed E-state index contributed by atoms with van der Waals surface area (Å²) in [5.41, 5.74) is 2.90.